The molecule has 3 aromatic heterocycles. The molecular formula is C26H37N9O2. The van der Waals surface area contributed by atoms with Gasteiger partial charge in [0.15, 0.2) is 0 Å². The molecule has 0 aromatic carbocycles. The van der Waals surface area contributed by atoms with Gasteiger partial charge in [-0.15, -0.1) is 5.10 Å². The fourth-order valence-corrected chi connectivity index (χ4v) is 5.37. The molecule has 0 bridgehead atoms. The average Bonchev–Trinajstić information content (AvgIpc) is 3.36. The highest BCUT2D eigenvalue weighted by Crippen LogP contribution is 2.47. The molecule has 11 nitrogen and oxygen atoms in total. The van der Waals surface area contributed by atoms with Crippen molar-refractivity contribution < 1.29 is 9.53 Å². The molecule has 11 heteroatoms. The number of ether oxygens (including phenoxy) is 1. The SMILES string of the molecule is CCn1nnc2cnc(N3CC(C)(C)c4c3ncnc4N3C[C@@H](C)N(C(=O)OC(C)(C)C)C[C@@H]3C)cc21. The Bertz CT molecular complexity index is 1330. The largest absolute Gasteiger partial charge is 0.444 e. The first kappa shape index (κ1) is 25.2. The second kappa shape index (κ2) is 8.81. The molecule has 1 amide bonds. The van der Waals surface area contributed by atoms with Crippen LogP contribution in [0.2, 0.25) is 0 Å². The van der Waals surface area contributed by atoms with Crippen LogP contribution in [0.5, 0.6) is 0 Å². The molecule has 5 heterocycles. The molecule has 5 rings (SSSR count). The number of hydrogen-bond acceptors (Lipinski definition) is 9. The van der Waals surface area contributed by atoms with Gasteiger partial charge in [0.05, 0.1) is 11.7 Å². The van der Waals surface area contributed by atoms with Gasteiger partial charge in [0.1, 0.15) is 34.9 Å². The van der Waals surface area contributed by atoms with E-state index in [0.717, 1.165) is 47.1 Å². The summed E-state index contributed by atoms with van der Waals surface area (Å²) in [4.78, 5) is 33.4. The first-order valence-electron chi connectivity index (χ1n) is 13.0. The lowest BCUT2D eigenvalue weighted by Crippen LogP contribution is -2.59. The van der Waals surface area contributed by atoms with E-state index >= 15 is 0 Å². The summed E-state index contributed by atoms with van der Waals surface area (Å²) in [6, 6.07) is 2.08. The van der Waals surface area contributed by atoms with E-state index in [-0.39, 0.29) is 23.6 Å². The molecule has 2 aliphatic heterocycles. The number of carbonyl (C=O) groups excluding carboxylic acids is 1. The summed E-state index contributed by atoms with van der Waals surface area (Å²) in [5.74, 6) is 2.60. The molecule has 198 valence electrons. The van der Waals surface area contributed by atoms with Gasteiger partial charge in [-0.3, -0.25) is 0 Å². The van der Waals surface area contributed by atoms with E-state index in [4.69, 9.17) is 19.7 Å². The van der Waals surface area contributed by atoms with Gasteiger partial charge in [0, 0.05) is 55.3 Å². The van der Waals surface area contributed by atoms with Gasteiger partial charge < -0.3 is 19.4 Å². The van der Waals surface area contributed by atoms with Crippen LogP contribution in [0.25, 0.3) is 11.0 Å². The Kier molecular flexibility index (Phi) is 5.99. The van der Waals surface area contributed by atoms with Crippen LogP contribution in [0, 0.1) is 0 Å². The highest BCUT2D eigenvalue weighted by atomic mass is 16.6. The number of fused-ring (bicyclic) bond motifs is 2. The molecule has 1 saturated heterocycles. The van der Waals surface area contributed by atoms with Crippen molar-refractivity contribution in [1.29, 1.82) is 0 Å². The van der Waals surface area contributed by atoms with Crippen LogP contribution >= 0.6 is 0 Å². The third-order valence-electron chi connectivity index (χ3n) is 7.14. The smallest absolute Gasteiger partial charge is 0.410 e. The zero-order valence-corrected chi connectivity index (χ0v) is 23.1. The van der Waals surface area contributed by atoms with Crippen LogP contribution in [0.15, 0.2) is 18.6 Å². The van der Waals surface area contributed by atoms with Crippen molar-refractivity contribution in [2.45, 2.75) is 85.0 Å². The molecule has 0 N–H and O–H groups in total. The Balaban J connectivity index is 1.48. The van der Waals surface area contributed by atoms with Gasteiger partial charge in [-0.25, -0.2) is 24.4 Å². The summed E-state index contributed by atoms with van der Waals surface area (Å²) in [5, 5.41) is 8.44. The summed E-state index contributed by atoms with van der Waals surface area (Å²) in [5.41, 5.74) is 2.09. The summed E-state index contributed by atoms with van der Waals surface area (Å²) >= 11 is 0. The first-order valence-corrected chi connectivity index (χ1v) is 13.0. The monoisotopic (exact) mass is 507 g/mol. The number of nitrogens with zero attached hydrogens (tertiary/aromatic N) is 9. The topological polar surface area (TPSA) is 105 Å². The fourth-order valence-electron chi connectivity index (χ4n) is 5.37. The lowest BCUT2D eigenvalue weighted by atomic mass is 9.87. The summed E-state index contributed by atoms with van der Waals surface area (Å²) in [6.07, 6.45) is 3.14. The molecule has 0 aliphatic carbocycles. The van der Waals surface area contributed by atoms with Crippen molar-refractivity contribution >= 4 is 34.6 Å². The average molecular weight is 508 g/mol. The van der Waals surface area contributed by atoms with E-state index in [0.29, 0.717) is 13.1 Å². The molecule has 0 unspecified atom stereocenters. The van der Waals surface area contributed by atoms with E-state index in [2.05, 4.69) is 47.8 Å². The summed E-state index contributed by atoms with van der Waals surface area (Å²) in [6.45, 7) is 19.0. The number of rotatable bonds is 3. The number of aromatic nitrogens is 6. The number of carbonyl (C=O) groups is 1. The highest BCUT2D eigenvalue weighted by molar-refractivity contribution is 5.80. The minimum atomic E-state index is -0.528. The van der Waals surface area contributed by atoms with Crippen molar-refractivity contribution in [2.24, 2.45) is 0 Å². The van der Waals surface area contributed by atoms with Gasteiger partial charge in [-0.2, -0.15) is 0 Å². The number of amides is 1. The minimum Gasteiger partial charge on any atom is -0.444 e. The zero-order valence-electron chi connectivity index (χ0n) is 23.1. The summed E-state index contributed by atoms with van der Waals surface area (Å²) in [7, 11) is 0. The second-order valence-corrected chi connectivity index (χ2v) is 11.8. The number of anilines is 3. The molecule has 2 atom stereocenters. The zero-order chi connectivity index (χ0) is 26.7. The standard InChI is InChI=1S/C26H37N9O2/c1-9-35-19-10-20(27-11-18(19)30-31-35)34-14-26(7,8)21-22(28-15-29-23(21)34)32-12-17(3)33(13-16(32)2)24(36)37-25(4,5)6/h10-11,15-17H,9,12-14H2,1-8H3/t16-,17+/m0/s1. The quantitative estimate of drug-likeness (QED) is 0.522. The third kappa shape index (κ3) is 4.44. The maximum Gasteiger partial charge on any atom is 0.410 e. The van der Waals surface area contributed by atoms with Crippen LogP contribution in [-0.2, 0) is 16.7 Å². The van der Waals surface area contributed by atoms with Gasteiger partial charge in [-0.1, -0.05) is 19.1 Å². The minimum absolute atomic E-state index is 0.0248. The lowest BCUT2D eigenvalue weighted by Gasteiger charge is -2.45. The van der Waals surface area contributed by atoms with E-state index in [9.17, 15) is 4.79 Å². The van der Waals surface area contributed by atoms with E-state index in [1.807, 2.05) is 43.3 Å². The van der Waals surface area contributed by atoms with Crippen LogP contribution in [0.1, 0.15) is 61.0 Å². The van der Waals surface area contributed by atoms with Crippen molar-refractivity contribution in [3.05, 3.63) is 24.2 Å². The highest BCUT2D eigenvalue weighted by Gasteiger charge is 2.44. The van der Waals surface area contributed by atoms with Crippen molar-refractivity contribution in [1.82, 2.24) is 34.8 Å². The molecule has 1 fully saturated rings. The molecule has 37 heavy (non-hydrogen) atoms. The maximum absolute atomic E-state index is 12.9. The van der Waals surface area contributed by atoms with Crippen LogP contribution in [-0.4, -0.2) is 78.3 Å². The normalized spacial score (nSPS) is 21.5. The van der Waals surface area contributed by atoms with E-state index in [1.54, 1.807) is 12.5 Å². The number of pyridine rings is 1. The first-order chi connectivity index (χ1) is 17.4. The van der Waals surface area contributed by atoms with Crippen LogP contribution < -0.4 is 9.80 Å². The van der Waals surface area contributed by atoms with Gasteiger partial charge in [0.25, 0.3) is 0 Å². The summed E-state index contributed by atoms with van der Waals surface area (Å²) < 4.78 is 7.54. The molecule has 0 radical (unpaired) electrons. The Morgan fingerprint density at radius 2 is 1.84 bits per heavy atom. The molecule has 2 aliphatic rings. The van der Waals surface area contributed by atoms with Gasteiger partial charge in [0.2, 0.25) is 0 Å². The predicted octanol–water partition coefficient (Wildman–Crippen LogP) is 3.90. The van der Waals surface area contributed by atoms with Crippen LogP contribution in [0.4, 0.5) is 22.2 Å². The molecule has 0 spiro atoms. The van der Waals surface area contributed by atoms with Crippen LogP contribution in [0.3, 0.4) is 0 Å². The Labute approximate surface area is 217 Å². The molecule has 3 aromatic rings. The van der Waals surface area contributed by atoms with Crippen molar-refractivity contribution in [3.8, 4) is 0 Å². The Morgan fingerprint density at radius 3 is 2.54 bits per heavy atom. The Morgan fingerprint density at radius 1 is 1.11 bits per heavy atom. The van der Waals surface area contributed by atoms with Gasteiger partial charge >= 0.3 is 6.09 Å². The van der Waals surface area contributed by atoms with E-state index in [1.165, 1.54) is 0 Å². The lowest BCUT2D eigenvalue weighted by molar-refractivity contribution is 0.0129. The van der Waals surface area contributed by atoms with E-state index < -0.39 is 5.60 Å². The predicted molar refractivity (Wildman–Crippen MR) is 142 cm³/mol. The third-order valence-corrected chi connectivity index (χ3v) is 7.14. The van der Waals surface area contributed by atoms with Crippen molar-refractivity contribution in [3.63, 3.8) is 0 Å². The fraction of sp³-hybridized carbons (Fsp3) is 0.615. The molecular weight excluding hydrogens is 470 g/mol. The van der Waals surface area contributed by atoms with Gasteiger partial charge in [-0.05, 0) is 41.5 Å². The molecule has 0 saturated carbocycles. The maximum atomic E-state index is 12.9. The Hall–Kier alpha value is -3.50. The number of hydrogen-bond donors (Lipinski definition) is 0. The van der Waals surface area contributed by atoms with Crippen molar-refractivity contribution in [2.75, 3.05) is 29.4 Å². The second-order valence-electron chi connectivity index (χ2n) is 11.8. The number of aryl methyl sites for hydroxylation is 1. The number of piperazine rings is 1.